The van der Waals surface area contributed by atoms with Crippen molar-refractivity contribution in [3.05, 3.63) is 87.9 Å². The number of rotatable bonds is 6. The summed E-state index contributed by atoms with van der Waals surface area (Å²) in [5, 5.41) is 2.07. The Morgan fingerprint density at radius 1 is 0.917 bits per heavy atom. The second kappa shape index (κ2) is 11.2. The van der Waals surface area contributed by atoms with Crippen LogP contribution < -0.4 is 4.74 Å². The first kappa shape index (κ1) is 24.5. The lowest BCUT2D eigenvalue weighted by atomic mass is 9.93. The van der Waals surface area contributed by atoms with Crippen LogP contribution in [-0.4, -0.2) is 72.4 Å². The monoisotopic (exact) mass is 507 g/mol. The number of para-hydroxylation sites is 1. The Morgan fingerprint density at radius 3 is 2.47 bits per heavy atom. The summed E-state index contributed by atoms with van der Waals surface area (Å²) < 4.78 is 19.7. The molecule has 0 unspecified atom stereocenters. The number of halogens is 1. The Morgan fingerprint density at radius 2 is 1.69 bits per heavy atom. The molecule has 36 heavy (non-hydrogen) atoms. The van der Waals surface area contributed by atoms with Gasteiger partial charge in [-0.15, -0.1) is 11.3 Å². The number of thiophene rings is 1. The molecule has 1 saturated heterocycles. The molecule has 2 aromatic carbocycles. The van der Waals surface area contributed by atoms with Crippen LogP contribution in [0.4, 0.5) is 4.39 Å². The first-order valence-corrected chi connectivity index (χ1v) is 13.3. The third-order valence-corrected chi connectivity index (χ3v) is 7.87. The van der Waals surface area contributed by atoms with Gasteiger partial charge in [0.15, 0.2) is 6.61 Å². The SMILES string of the molecule is O=C(COc1ccccc1)N1CCCN(C(=O)CN2CCc3sccc3[C@@H]2c2cccc(F)c2)CC1. The van der Waals surface area contributed by atoms with Crippen molar-refractivity contribution in [3.8, 4) is 5.75 Å². The van der Waals surface area contributed by atoms with Crippen LogP contribution in [0.3, 0.4) is 0 Å². The fourth-order valence-electron chi connectivity index (χ4n) is 5.05. The lowest BCUT2D eigenvalue weighted by Gasteiger charge is -2.37. The summed E-state index contributed by atoms with van der Waals surface area (Å²) in [6.07, 6.45) is 1.61. The predicted octanol–water partition coefficient (Wildman–Crippen LogP) is 3.97. The molecule has 2 aliphatic heterocycles. The minimum Gasteiger partial charge on any atom is -0.484 e. The second-order valence-corrected chi connectivity index (χ2v) is 10.2. The number of amides is 2. The van der Waals surface area contributed by atoms with E-state index in [0.717, 1.165) is 30.5 Å². The Hall–Kier alpha value is -3.23. The van der Waals surface area contributed by atoms with Crippen molar-refractivity contribution >= 4 is 23.2 Å². The zero-order chi connectivity index (χ0) is 24.9. The molecule has 1 atom stereocenters. The van der Waals surface area contributed by atoms with E-state index in [1.807, 2.05) is 41.3 Å². The standard InChI is InChI=1S/C28H30FN3O3S/c29-22-7-4-6-21(18-22)28-24-11-17-36-25(24)10-14-32(28)19-26(33)30-12-5-13-31(16-15-30)27(34)20-35-23-8-2-1-3-9-23/h1-4,6-9,11,17-18,28H,5,10,12-16,19-20H2/t28-/m0/s1. The Labute approximate surface area is 214 Å². The quantitative estimate of drug-likeness (QED) is 0.507. The molecular weight excluding hydrogens is 477 g/mol. The van der Waals surface area contributed by atoms with Gasteiger partial charge in [-0.1, -0.05) is 30.3 Å². The van der Waals surface area contributed by atoms with E-state index in [9.17, 15) is 14.0 Å². The van der Waals surface area contributed by atoms with Crippen molar-refractivity contribution in [1.29, 1.82) is 0 Å². The van der Waals surface area contributed by atoms with Crippen LogP contribution in [0.15, 0.2) is 66.0 Å². The fourth-order valence-corrected chi connectivity index (χ4v) is 5.95. The van der Waals surface area contributed by atoms with Crippen molar-refractivity contribution in [2.24, 2.45) is 0 Å². The Bertz CT molecular complexity index is 1200. The minimum atomic E-state index is -0.269. The van der Waals surface area contributed by atoms with Gasteiger partial charge in [-0.3, -0.25) is 14.5 Å². The summed E-state index contributed by atoms with van der Waals surface area (Å²) in [5.74, 6) is 0.376. The van der Waals surface area contributed by atoms with Crippen molar-refractivity contribution in [3.63, 3.8) is 0 Å². The maximum absolute atomic E-state index is 14.1. The molecule has 0 radical (unpaired) electrons. The van der Waals surface area contributed by atoms with Gasteiger partial charge in [0.05, 0.1) is 12.6 Å². The Balaban J connectivity index is 1.21. The van der Waals surface area contributed by atoms with Crippen LogP contribution in [-0.2, 0) is 16.0 Å². The van der Waals surface area contributed by atoms with Gasteiger partial charge in [0.25, 0.3) is 5.91 Å². The van der Waals surface area contributed by atoms with E-state index in [1.165, 1.54) is 10.9 Å². The maximum Gasteiger partial charge on any atom is 0.260 e. The molecule has 3 heterocycles. The number of nitrogens with zero attached hydrogens (tertiary/aromatic N) is 3. The molecule has 2 amide bonds. The highest BCUT2D eigenvalue weighted by Gasteiger charge is 2.32. The zero-order valence-corrected chi connectivity index (χ0v) is 21.0. The molecule has 3 aromatic rings. The molecule has 188 valence electrons. The van der Waals surface area contributed by atoms with Gasteiger partial charge in [-0.25, -0.2) is 4.39 Å². The molecule has 5 rings (SSSR count). The number of carbonyl (C=O) groups is 2. The highest BCUT2D eigenvalue weighted by atomic mass is 32.1. The largest absolute Gasteiger partial charge is 0.484 e. The number of hydrogen-bond donors (Lipinski definition) is 0. The lowest BCUT2D eigenvalue weighted by Crippen LogP contribution is -2.45. The number of hydrogen-bond acceptors (Lipinski definition) is 5. The van der Waals surface area contributed by atoms with Gasteiger partial charge in [-0.2, -0.15) is 0 Å². The molecule has 0 bridgehead atoms. The third-order valence-electron chi connectivity index (χ3n) is 6.88. The Kier molecular flexibility index (Phi) is 7.63. The summed E-state index contributed by atoms with van der Waals surface area (Å²) >= 11 is 1.72. The van der Waals surface area contributed by atoms with Crippen LogP contribution >= 0.6 is 11.3 Å². The first-order chi connectivity index (χ1) is 17.6. The zero-order valence-electron chi connectivity index (χ0n) is 20.1. The summed E-state index contributed by atoms with van der Waals surface area (Å²) in [5.41, 5.74) is 2.03. The average Bonchev–Trinajstić information content (AvgIpc) is 3.23. The summed E-state index contributed by atoms with van der Waals surface area (Å²) in [6, 6.07) is 17.9. The van der Waals surface area contributed by atoms with Crippen molar-refractivity contribution < 1.29 is 18.7 Å². The number of ether oxygens (including phenoxy) is 1. The van der Waals surface area contributed by atoms with E-state index in [2.05, 4.69) is 16.3 Å². The maximum atomic E-state index is 14.1. The van der Waals surface area contributed by atoms with Crippen LogP contribution in [0.25, 0.3) is 0 Å². The molecule has 6 nitrogen and oxygen atoms in total. The van der Waals surface area contributed by atoms with Gasteiger partial charge < -0.3 is 14.5 Å². The summed E-state index contributed by atoms with van der Waals surface area (Å²) in [7, 11) is 0. The molecule has 1 aromatic heterocycles. The van der Waals surface area contributed by atoms with Crippen molar-refractivity contribution in [2.75, 3.05) is 45.9 Å². The third kappa shape index (κ3) is 5.60. The van der Waals surface area contributed by atoms with Gasteiger partial charge in [0, 0.05) is 37.6 Å². The van der Waals surface area contributed by atoms with Crippen molar-refractivity contribution in [2.45, 2.75) is 18.9 Å². The fraction of sp³-hybridized carbons (Fsp3) is 0.357. The van der Waals surface area contributed by atoms with Gasteiger partial charge in [0.1, 0.15) is 11.6 Å². The first-order valence-electron chi connectivity index (χ1n) is 12.4. The van der Waals surface area contributed by atoms with Crippen LogP contribution in [0, 0.1) is 5.82 Å². The van der Waals surface area contributed by atoms with E-state index in [1.54, 1.807) is 28.4 Å². The minimum absolute atomic E-state index is 0.00989. The number of fused-ring (bicyclic) bond motifs is 1. The summed E-state index contributed by atoms with van der Waals surface area (Å²) in [6.45, 7) is 3.21. The topological polar surface area (TPSA) is 53.1 Å². The van der Waals surface area contributed by atoms with Crippen LogP contribution in [0.1, 0.15) is 28.5 Å². The van der Waals surface area contributed by atoms with Crippen LogP contribution in [0.5, 0.6) is 5.75 Å². The van der Waals surface area contributed by atoms with Gasteiger partial charge >= 0.3 is 0 Å². The normalized spacial score (nSPS) is 18.4. The van der Waals surface area contributed by atoms with Gasteiger partial charge in [-0.05, 0) is 59.7 Å². The van der Waals surface area contributed by atoms with E-state index in [-0.39, 0.29) is 36.8 Å². The smallest absolute Gasteiger partial charge is 0.260 e. The molecule has 2 aliphatic rings. The lowest BCUT2D eigenvalue weighted by molar-refractivity contribution is -0.135. The van der Waals surface area contributed by atoms with E-state index < -0.39 is 0 Å². The molecule has 0 N–H and O–H groups in total. The van der Waals surface area contributed by atoms with E-state index in [0.29, 0.717) is 31.9 Å². The molecule has 1 fully saturated rings. The van der Waals surface area contributed by atoms with E-state index >= 15 is 0 Å². The highest BCUT2D eigenvalue weighted by molar-refractivity contribution is 7.10. The molecule has 8 heteroatoms. The number of carbonyl (C=O) groups excluding carboxylic acids is 2. The molecule has 0 aliphatic carbocycles. The van der Waals surface area contributed by atoms with Gasteiger partial charge in [0.2, 0.25) is 5.91 Å². The molecular formula is C28H30FN3O3S. The summed E-state index contributed by atoms with van der Waals surface area (Å²) in [4.78, 5) is 33.2. The second-order valence-electron chi connectivity index (χ2n) is 9.19. The molecule has 0 spiro atoms. The predicted molar refractivity (Wildman–Crippen MR) is 138 cm³/mol. The van der Waals surface area contributed by atoms with E-state index in [4.69, 9.17) is 4.74 Å². The average molecular weight is 508 g/mol. The van der Waals surface area contributed by atoms with Crippen molar-refractivity contribution in [1.82, 2.24) is 14.7 Å². The van der Waals surface area contributed by atoms with Crippen LogP contribution in [0.2, 0.25) is 0 Å². The number of benzene rings is 2. The highest BCUT2D eigenvalue weighted by Crippen LogP contribution is 2.37. The molecule has 0 saturated carbocycles.